The average molecular weight is 160 g/mol. The average Bonchev–Trinajstić information content (AvgIpc) is 2.58. The van der Waals surface area contributed by atoms with Crippen molar-refractivity contribution in [1.82, 2.24) is 15.4 Å². The Labute approximate surface area is 71.9 Å². The Kier molecular flexibility index (Phi) is 1.63. The lowest BCUT2D eigenvalue weighted by atomic mass is 10.1. The molecule has 0 aliphatic rings. The molecule has 1 aromatic carbocycles. The zero-order valence-corrected chi connectivity index (χ0v) is 6.78. The molecule has 0 radical (unpaired) electrons. The van der Waals surface area contributed by atoms with Crippen LogP contribution < -0.4 is 0 Å². The highest BCUT2D eigenvalue weighted by Crippen LogP contribution is 2.14. The van der Waals surface area contributed by atoms with E-state index < -0.39 is 0 Å². The number of hydrogen-bond acceptors (Lipinski definition) is 2. The van der Waals surface area contributed by atoms with E-state index in [1.807, 2.05) is 12.1 Å². The summed E-state index contributed by atoms with van der Waals surface area (Å²) in [5, 5.41) is 10.2. The fraction of sp³-hybridized carbons (Fsp3) is 0.111. The molecule has 0 spiro atoms. The van der Waals surface area contributed by atoms with E-state index in [1.54, 1.807) is 6.20 Å². The number of rotatable bonds is 1. The summed E-state index contributed by atoms with van der Waals surface area (Å²) in [5.74, 6) is 0. The minimum atomic E-state index is 0. The van der Waals surface area contributed by atoms with Crippen LogP contribution in [0.2, 0.25) is 0 Å². The second kappa shape index (κ2) is 2.77. The second-order valence-electron chi connectivity index (χ2n) is 2.72. The number of nitrogens with one attached hydrogen (secondary N) is 1. The summed E-state index contributed by atoms with van der Waals surface area (Å²) in [6, 6.07) is 8.19. The van der Waals surface area contributed by atoms with E-state index in [-0.39, 0.29) is 1.43 Å². The molecule has 1 aromatic heterocycles. The SMILES string of the molecule is Cc1ccc(-c2c[nH]nn2)cc1.[H+]. The molecule has 2 aromatic rings. The molecule has 1 N–H and O–H groups in total. The molecule has 0 aliphatic carbocycles. The summed E-state index contributed by atoms with van der Waals surface area (Å²) >= 11 is 0. The fourth-order valence-corrected chi connectivity index (χ4v) is 1.07. The van der Waals surface area contributed by atoms with Crippen LogP contribution in [0.4, 0.5) is 0 Å². The van der Waals surface area contributed by atoms with Gasteiger partial charge < -0.3 is 0 Å². The number of aryl methyl sites for hydroxylation is 1. The van der Waals surface area contributed by atoms with Gasteiger partial charge in [-0.2, -0.15) is 0 Å². The van der Waals surface area contributed by atoms with Crippen molar-refractivity contribution in [3.05, 3.63) is 36.0 Å². The summed E-state index contributed by atoms with van der Waals surface area (Å²) in [4.78, 5) is 0. The summed E-state index contributed by atoms with van der Waals surface area (Å²) in [7, 11) is 0. The van der Waals surface area contributed by atoms with Gasteiger partial charge in [0, 0.05) is 11.8 Å². The Morgan fingerprint density at radius 1 is 1.25 bits per heavy atom. The highest BCUT2D eigenvalue weighted by atomic mass is 15.3. The molecule has 12 heavy (non-hydrogen) atoms. The van der Waals surface area contributed by atoms with Crippen molar-refractivity contribution in [1.29, 1.82) is 0 Å². The van der Waals surface area contributed by atoms with Crippen molar-refractivity contribution in [2.45, 2.75) is 6.92 Å². The van der Waals surface area contributed by atoms with Crippen LogP contribution in [0.3, 0.4) is 0 Å². The third kappa shape index (κ3) is 1.21. The van der Waals surface area contributed by atoms with Crippen LogP contribution in [0.5, 0.6) is 0 Å². The minimum Gasteiger partial charge on any atom is -0.265 e. The van der Waals surface area contributed by atoms with Crippen molar-refractivity contribution >= 4 is 0 Å². The number of H-pyrrole nitrogens is 1. The van der Waals surface area contributed by atoms with Crippen molar-refractivity contribution in [2.75, 3.05) is 0 Å². The zero-order valence-electron chi connectivity index (χ0n) is 7.78. The maximum Gasteiger partial charge on any atom is 1.00 e. The number of aromatic amines is 1. The third-order valence-electron chi connectivity index (χ3n) is 1.76. The largest absolute Gasteiger partial charge is 1.00 e. The Morgan fingerprint density at radius 3 is 2.58 bits per heavy atom. The van der Waals surface area contributed by atoms with Crippen LogP contribution in [-0.4, -0.2) is 15.4 Å². The monoisotopic (exact) mass is 160 g/mol. The van der Waals surface area contributed by atoms with Crippen LogP contribution in [0.25, 0.3) is 11.3 Å². The molecule has 0 aliphatic heterocycles. The predicted octanol–water partition coefficient (Wildman–Crippen LogP) is 1.89. The summed E-state index contributed by atoms with van der Waals surface area (Å²) in [6.07, 6.45) is 1.78. The standard InChI is InChI=1S/C9H9N3/c1-7-2-4-8(5-3-7)9-6-10-12-11-9/h2-6H,1H3,(H,10,11,12)/p+1. The predicted molar refractivity (Wildman–Crippen MR) is 47.7 cm³/mol. The Hall–Kier alpha value is -1.64. The number of nitrogens with zero attached hydrogens (tertiary/aromatic N) is 2. The first kappa shape index (κ1) is 7.03. The molecule has 0 atom stereocenters. The first-order chi connectivity index (χ1) is 5.86. The zero-order chi connectivity index (χ0) is 8.39. The van der Waals surface area contributed by atoms with E-state index >= 15 is 0 Å². The number of benzene rings is 1. The maximum absolute atomic E-state index is 3.91. The second-order valence-corrected chi connectivity index (χ2v) is 2.72. The first-order valence-corrected chi connectivity index (χ1v) is 3.80. The van der Waals surface area contributed by atoms with Crippen molar-refractivity contribution in [3.63, 3.8) is 0 Å². The number of aromatic nitrogens is 3. The van der Waals surface area contributed by atoms with Gasteiger partial charge in [0.15, 0.2) is 0 Å². The molecule has 2 rings (SSSR count). The molecular formula is C9H10N3+. The third-order valence-corrected chi connectivity index (χ3v) is 1.76. The fourth-order valence-electron chi connectivity index (χ4n) is 1.07. The van der Waals surface area contributed by atoms with Gasteiger partial charge in [0.1, 0.15) is 5.69 Å². The van der Waals surface area contributed by atoms with Gasteiger partial charge in [0.2, 0.25) is 0 Å². The van der Waals surface area contributed by atoms with E-state index in [9.17, 15) is 0 Å². The topological polar surface area (TPSA) is 41.6 Å². The number of hydrogen-bond donors (Lipinski definition) is 1. The molecule has 3 heteroatoms. The Balaban J connectivity index is 0.000000845. The molecule has 3 nitrogen and oxygen atoms in total. The van der Waals surface area contributed by atoms with E-state index in [1.165, 1.54) is 5.56 Å². The summed E-state index contributed by atoms with van der Waals surface area (Å²) in [5.41, 5.74) is 3.23. The quantitative estimate of drug-likeness (QED) is 0.692. The van der Waals surface area contributed by atoms with Gasteiger partial charge in [-0.05, 0) is 6.92 Å². The molecule has 0 unspecified atom stereocenters. The molecule has 0 saturated carbocycles. The van der Waals surface area contributed by atoms with E-state index in [4.69, 9.17) is 0 Å². The van der Waals surface area contributed by atoms with Crippen LogP contribution in [0, 0.1) is 6.92 Å². The highest BCUT2D eigenvalue weighted by Gasteiger charge is 1.97. The smallest absolute Gasteiger partial charge is 0.265 e. The van der Waals surface area contributed by atoms with Crippen LogP contribution >= 0.6 is 0 Å². The van der Waals surface area contributed by atoms with Crippen molar-refractivity contribution in [2.24, 2.45) is 0 Å². The van der Waals surface area contributed by atoms with E-state index in [2.05, 4.69) is 34.5 Å². The minimum absolute atomic E-state index is 0. The lowest BCUT2D eigenvalue weighted by Gasteiger charge is -1.94. The molecule has 0 fully saturated rings. The van der Waals surface area contributed by atoms with Crippen LogP contribution in [-0.2, 0) is 0 Å². The Morgan fingerprint density at radius 2 is 2.00 bits per heavy atom. The lowest BCUT2D eigenvalue weighted by molar-refractivity contribution is 0.942. The lowest BCUT2D eigenvalue weighted by Crippen LogP contribution is -1.77. The van der Waals surface area contributed by atoms with Gasteiger partial charge in [0.25, 0.3) is 0 Å². The van der Waals surface area contributed by atoms with Gasteiger partial charge in [-0.15, -0.1) is 5.10 Å². The van der Waals surface area contributed by atoms with Gasteiger partial charge in [-0.3, -0.25) is 5.10 Å². The molecular weight excluding hydrogens is 150 g/mol. The summed E-state index contributed by atoms with van der Waals surface area (Å²) in [6.45, 7) is 2.06. The van der Waals surface area contributed by atoms with Gasteiger partial charge in [-0.1, -0.05) is 35.0 Å². The normalized spacial score (nSPS) is 10.1. The molecule has 60 valence electrons. The van der Waals surface area contributed by atoms with Crippen molar-refractivity contribution < 1.29 is 1.43 Å². The van der Waals surface area contributed by atoms with E-state index in [0.29, 0.717) is 0 Å². The van der Waals surface area contributed by atoms with E-state index in [0.717, 1.165) is 11.3 Å². The van der Waals surface area contributed by atoms with Crippen molar-refractivity contribution in [3.8, 4) is 11.3 Å². The highest BCUT2D eigenvalue weighted by molar-refractivity contribution is 5.57. The molecule has 0 bridgehead atoms. The Bertz CT molecular complexity index is 353. The van der Waals surface area contributed by atoms with Gasteiger partial charge in [0.05, 0.1) is 0 Å². The molecule has 1 heterocycles. The van der Waals surface area contributed by atoms with Gasteiger partial charge >= 0.3 is 1.43 Å². The first-order valence-electron chi connectivity index (χ1n) is 3.80. The summed E-state index contributed by atoms with van der Waals surface area (Å²) < 4.78 is 0. The van der Waals surface area contributed by atoms with Crippen LogP contribution in [0.15, 0.2) is 30.5 Å². The maximum atomic E-state index is 3.91. The molecule has 0 amide bonds. The molecule has 0 saturated heterocycles. The van der Waals surface area contributed by atoms with Crippen LogP contribution in [0.1, 0.15) is 6.99 Å². The van der Waals surface area contributed by atoms with Gasteiger partial charge in [-0.25, -0.2) is 0 Å².